The summed E-state index contributed by atoms with van der Waals surface area (Å²) in [7, 11) is 3.57. The second-order valence-corrected chi connectivity index (χ2v) is 9.05. The van der Waals surface area contributed by atoms with Crippen molar-refractivity contribution in [1.29, 1.82) is 0 Å². The van der Waals surface area contributed by atoms with E-state index in [1.54, 1.807) is 18.4 Å². The highest BCUT2D eigenvalue weighted by atomic mass is 32.1. The molecule has 1 aliphatic rings. The van der Waals surface area contributed by atoms with Gasteiger partial charge in [-0.1, -0.05) is 37.1 Å². The van der Waals surface area contributed by atoms with E-state index in [9.17, 15) is 4.79 Å². The SMILES string of the molecule is COc1ccc([C@H]2CCCCCN2CC(=O)N(C)Cc2nc3ccccc3s2)cc1. The molecule has 158 valence electrons. The van der Waals surface area contributed by atoms with Gasteiger partial charge in [0, 0.05) is 13.1 Å². The molecule has 30 heavy (non-hydrogen) atoms. The fraction of sp³-hybridized carbons (Fsp3) is 0.417. The number of ether oxygens (including phenoxy) is 1. The number of methoxy groups -OCH3 is 1. The van der Waals surface area contributed by atoms with Crippen LogP contribution >= 0.6 is 11.3 Å². The molecule has 5 nitrogen and oxygen atoms in total. The van der Waals surface area contributed by atoms with Crippen molar-refractivity contribution < 1.29 is 9.53 Å². The number of amides is 1. The van der Waals surface area contributed by atoms with Crippen molar-refractivity contribution in [3.63, 3.8) is 0 Å². The van der Waals surface area contributed by atoms with Gasteiger partial charge in [0.25, 0.3) is 0 Å². The number of carbonyl (C=O) groups excluding carboxylic acids is 1. The molecule has 1 aliphatic heterocycles. The summed E-state index contributed by atoms with van der Waals surface area (Å²) < 4.78 is 6.47. The lowest BCUT2D eigenvalue weighted by molar-refractivity contribution is -0.132. The van der Waals surface area contributed by atoms with Gasteiger partial charge in [0.2, 0.25) is 5.91 Å². The molecule has 0 bridgehead atoms. The number of benzene rings is 2. The smallest absolute Gasteiger partial charge is 0.236 e. The maximum Gasteiger partial charge on any atom is 0.236 e. The number of hydrogen-bond donors (Lipinski definition) is 0. The first kappa shape index (κ1) is 20.8. The van der Waals surface area contributed by atoms with Crippen LogP contribution in [0.1, 0.15) is 42.3 Å². The zero-order chi connectivity index (χ0) is 20.9. The van der Waals surface area contributed by atoms with Crippen molar-refractivity contribution in [3.8, 4) is 5.75 Å². The van der Waals surface area contributed by atoms with Crippen molar-refractivity contribution >= 4 is 27.5 Å². The third-order valence-corrected chi connectivity index (χ3v) is 6.86. The third-order valence-electron chi connectivity index (χ3n) is 5.84. The van der Waals surface area contributed by atoms with Crippen molar-refractivity contribution in [2.24, 2.45) is 0 Å². The van der Waals surface area contributed by atoms with E-state index < -0.39 is 0 Å². The van der Waals surface area contributed by atoms with E-state index in [1.807, 2.05) is 42.3 Å². The molecule has 1 aromatic heterocycles. The normalized spacial score (nSPS) is 17.6. The van der Waals surface area contributed by atoms with E-state index >= 15 is 0 Å². The molecule has 0 aliphatic carbocycles. The van der Waals surface area contributed by atoms with E-state index in [2.05, 4.69) is 28.1 Å². The molecule has 1 saturated heterocycles. The van der Waals surface area contributed by atoms with Gasteiger partial charge >= 0.3 is 0 Å². The fourth-order valence-electron chi connectivity index (χ4n) is 4.13. The fourth-order valence-corrected chi connectivity index (χ4v) is 5.15. The Kier molecular flexibility index (Phi) is 6.65. The first-order valence-electron chi connectivity index (χ1n) is 10.6. The average Bonchev–Trinajstić information content (AvgIpc) is 3.03. The van der Waals surface area contributed by atoms with Crippen LogP contribution in [0.3, 0.4) is 0 Å². The average molecular weight is 424 g/mol. The van der Waals surface area contributed by atoms with Crippen molar-refractivity contribution in [2.75, 3.05) is 27.2 Å². The third kappa shape index (κ3) is 4.82. The molecular weight excluding hydrogens is 394 g/mol. The van der Waals surface area contributed by atoms with Crippen molar-refractivity contribution in [2.45, 2.75) is 38.3 Å². The lowest BCUT2D eigenvalue weighted by Gasteiger charge is -2.31. The predicted octanol–water partition coefficient (Wildman–Crippen LogP) is 4.88. The standard InChI is InChI=1S/C24H29N3O2S/c1-26(16-23-25-20-8-5-6-10-22(20)30-23)24(28)17-27-15-7-3-4-9-21(27)18-11-13-19(29-2)14-12-18/h5-6,8,10-14,21H,3-4,7,9,15-17H2,1-2H3/t21-/m1/s1. The topological polar surface area (TPSA) is 45.7 Å². The van der Waals surface area contributed by atoms with Gasteiger partial charge in [-0.15, -0.1) is 11.3 Å². The zero-order valence-electron chi connectivity index (χ0n) is 17.7. The van der Waals surface area contributed by atoms with Gasteiger partial charge in [-0.25, -0.2) is 4.98 Å². The van der Waals surface area contributed by atoms with Gasteiger partial charge < -0.3 is 9.64 Å². The molecule has 1 atom stereocenters. The van der Waals surface area contributed by atoms with E-state index in [0.717, 1.165) is 35.7 Å². The number of hydrogen-bond acceptors (Lipinski definition) is 5. The molecule has 0 spiro atoms. The van der Waals surface area contributed by atoms with Gasteiger partial charge in [0.05, 0.1) is 30.4 Å². The van der Waals surface area contributed by atoms with Gasteiger partial charge in [-0.05, 0) is 49.2 Å². The second-order valence-electron chi connectivity index (χ2n) is 7.93. The van der Waals surface area contributed by atoms with Crippen LogP contribution in [0.4, 0.5) is 0 Å². The predicted molar refractivity (Wildman–Crippen MR) is 122 cm³/mol. The van der Waals surface area contributed by atoms with Gasteiger partial charge in [0.1, 0.15) is 10.8 Å². The summed E-state index contributed by atoms with van der Waals surface area (Å²) in [5, 5.41) is 0.981. The molecule has 6 heteroatoms. The zero-order valence-corrected chi connectivity index (χ0v) is 18.5. The number of aromatic nitrogens is 1. The first-order valence-corrected chi connectivity index (χ1v) is 11.4. The Bertz CT molecular complexity index is 953. The number of rotatable bonds is 6. The molecule has 0 saturated carbocycles. The molecule has 4 rings (SSSR count). The van der Waals surface area contributed by atoms with Crippen LogP contribution in [0.2, 0.25) is 0 Å². The summed E-state index contributed by atoms with van der Waals surface area (Å²) in [5.74, 6) is 1.01. The molecule has 0 unspecified atom stereocenters. The highest BCUT2D eigenvalue weighted by Crippen LogP contribution is 2.31. The molecule has 1 amide bonds. The number of thiazole rings is 1. The largest absolute Gasteiger partial charge is 0.497 e. The number of nitrogens with zero attached hydrogens (tertiary/aromatic N) is 3. The molecule has 0 N–H and O–H groups in total. The van der Waals surface area contributed by atoms with Gasteiger partial charge in [0.15, 0.2) is 0 Å². The monoisotopic (exact) mass is 423 g/mol. The lowest BCUT2D eigenvalue weighted by atomic mass is 10.0. The molecule has 0 radical (unpaired) electrons. The first-order chi connectivity index (χ1) is 14.6. The summed E-state index contributed by atoms with van der Waals surface area (Å²) >= 11 is 1.66. The Balaban J connectivity index is 1.44. The van der Waals surface area contributed by atoms with Crippen LogP contribution in [0.25, 0.3) is 10.2 Å². The van der Waals surface area contributed by atoms with E-state index in [-0.39, 0.29) is 11.9 Å². The highest BCUT2D eigenvalue weighted by Gasteiger charge is 2.26. The Hall–Kier alpha value is -2.44. The minimum atomic E-state index is 0.148. The van der Waals surface area contributed by atoms with Crippen LogP contribution in [0.5, 0.6) is 5.75 Å². The Morgan fingerprint density at radius 2 is 1.97 bits per heavy atom. The van der Waals surface area contributed by atoms with Gasteiger partial charge in [-0.3, -0.25) is 9.69 Å². The summed E-state index contributed by atoms with van der Waals surface area (Å²) in [6.45, 7) is 1.95. The van der Waals surface area contributed by atoms with Crippen LogP contribution in [-0.4, -0.2) is 47.9 Å². The number of fused-ring (bicyclic) bond motifs is 1. The van der Waals surface area contributed by atoms with Crippen LogP contribution in [0, 0.1) is 0 Å². The minimum Gasteiger partial charge on any atom is -0.497 e. The van der Waals surface area contributed by atoms with E-state index in [4.69, 9.17) is 4.74 Å². The summed E-state index contributed by atoms with van der Waals surface area (Å²) in [5.41, 5.74) is 2.27. The molecule has 1 fully saturated rings. The van der Waals surface area contributed by atoms with Crippen molar-refractivity contribution in [1.82, 2.24) is 14.8 Å². The van der Waals surface area contributed by atoms with E-state index in [1.165, 1.54) is 23.1 Å². The second kappa shape index (κ2) is 9.58. The van der Waals surface area contributed by atoms with Crippen molar-refractivity contribution in [3.05, 3.63) is 59.1 Å². The Labute approximate surface area is 182 Å². The highest BCUT2D eigenvalue weighted by molar-refractivity contribution is 7.18. The quantitative estimate of drug-likeness (QED) is 0.567. The Morgan fingerprint density at radius 3 is 2.73 bits per heavy atom. The summed E-state index contributed by atoms with van der Waals surface area (Å²) in [6.07, 6.45) is 4.64. The van der Waals surface area contributed by atoms with Crippen LogP contribution in [-0.2, 0) is 11.3 Å². The minimum absolute atomic E-state index is 0.148. The molecule has 2 aromatic carbocycles. The summed E-state index contributed by atoms with van der Waals surface area (Å²) in [6, 6.07) is 16.7. The van der Waals surface area contributed by atoms with E-state index in [0.29, 0.717) is 13.1 Å². The number of carbonyl (C=O) groups is 1. The maximum atomic E-state index is 13.1. The van der Waals surface area contributed by atoms with Crippen LogP contribution < -0.4 is 4.74 Å². The molecular formula is C24H29N3O2S. The summed E-state index contributed by atoms with van der Waals surface area (Å²) in [4.78, 5) is 21.9. The maximum absolute atomic E-state index is 13.1. The number of likely N-dealkylation sites (N-methyl/N-ethyl adjacent to an activating group) is 1. The van der Waals surface area contributed by atoms with Crippen LogP contribution in [0.15, 0.2) is 48.5 Å². The molecule has 2 heterocycles. The number of likely N-dealkylation sites (tertiary alicyclic amines) is 1. The lowest BCUT2D eigenvalue weighted by Crippen LogP contribution is -2.40. The number of para-hydroxylation sites is 1. The molecule has 3 aromatic rings. The van der Waals surface area contributed by atoms with Gasteiger partial charge in [-0.2, -0.15) is 0 Å². The Morgan fingerprint density at radius 1 is 1.17 bits per heavy atom.